The van der Waals surface area contributed by atoms with E-state index in [1.54, 1.807) is 11.8 Å². The normalized spacial score (nSPS) is 18.7. The minimum absolute atomic E-state index is 0.0592. The molecule has 0 saturated heterocycles. The van der Waals surface area contributed by atoms with Crippen LogP contribution in [-0.2, 0) is 4.74 Å². The van der Waals surface area contributed by atoms with Crippen LogP contribution in [0.3, 0.4) is 0 Å². The van der Waals surface area contributed by atoms with Crippen molar-refractivity contribution in [2.75, 3.05) is 12.4 Å². The van der Waals surface area contributed by atoms with Crippen molar-refractivity contribution in [2.24, 2.45) is 0 Å². The molecule has 1 aliphatic carbocycles. The zero-order chi connectivity index (χ0) is 18.9. The fourth-order valence-corrected chi connectivity index (χ4v) is 3.18. The SMILES string of the molecule is COC(C)c1cc(-n2nc(C)cc2C)nc(NC2CCC(F)(F)CC2)n1. The van der Waals surface area contributed by atoms with Crippen molar-refractivity contribution in [3.05, 3.63) is 29.2 Å². The Kier molecular flexibility index (Phi) is 5.22. The minimum atomic E-state index is -2.56. The van der Waals surface area contributed by atoms with E-state index in [9.17, 15) is 8.78 Å². The molecule has 0 radical (unpaired) electrons. The maximum atomic E-state index is 13.4. The molecule has 3 rings (SSSR count). The molecule has 0 aromatic carbocycles. The third-order valence-corrected chi connectivity index (χ3v) is 4.78. The lowest BCUT2D eigenvalue weighted by atomic mass is 9.92. The molecule has 0 aliphatic heterocycles. The van der Waals surface area contributed by atoms with Gasteiger partial charge in [0.25, 0.3) is 0 Å². The van der Waals surface area contributed by atoms with Crippen LogP contribution < -0.4 is 5.32 Å². The lowest BCUT2D eigenvalue weighted by Gasteiger charge is -2.29. The molecule has 8 heteroatoms. The summed E-state index contributed by atoms with van der Waals surface area (Å²) in [7, 11) is 1.62. The minimum Gasteiger partial charge on any atom is -0.375 e. The van der Waals surface area contributed by atoms with Crippen LogP contribution >= 0.6 is 0 Å². The predicted molar refractivity (Wildman–Crippen MR) is 94.9 cm³/mol. The van der Waals surface area contributed by atoms with Gasteiger partial charge in [0.05, 0.1) is 17.5 Å². The van der Waals surface area contributed by atoms with Crippen molar-refractivity contribution in [3.63, 3.8) is 0 Å². The fraction of sp³-hybridized carbons (Fsp3) is 0.611. The lowest BCUT2D eigenvalue weighted by Crippen LogP contribution is -2.32. The molecule has 2 heterocycles. The summed E-state index contributed by atoms with van der Waals surface area (Å²) >= 11 is 0. The molecule has 142 valence electrons. The van der Waals surface area contributed by atoms with Gasteiger partial charge in [-0.1, -0.05) is 0 Å². The molecule has 1 fully saturated rings. The van der Waals surface area contributed by atoms with Gasteiger partial charge in [0.1, 0.15) is 0 Å². The second-order valence-corrected chi connectivity index (χ2v) is 6.97. The number of nitrogens with zero attached hydrogens (tertiary/aromatic N) is 4. The Balaban J connectivity index is 1.89. The van der Waals surface area contributed by atoms with Crippen LogP contribution in [0.2, 0.25) is 0 Å². The summed E-state index contributed by atoms with van der Waals surface area (Å²) < 4.78 is 33.9. The Morgan fingerprint density at radius 3 is 2.50 bits per heavy atom. The number of halogens is 2. The topological polar surface area (TPSA) is 64.9 Å². The van der Waals surface area contributed by atoms with Crippen molar-refractivity contribution in [2.45, 2.75) is 64.5 Å². The third kappa shape index (κ3) is 4.17. The highest BCUT2D eigenvalue weighted by molar-refractivity contribution is 5.37. The van der Waals surface area contributed by atoms with Crippen LogP contribution in [0.1, 0.15) is 55.8 Å². The molecule has 1 atom stereocenters. The number of nitrogens with one attached hydrogen (secondary N) is 1. The van der Waals surface area contributed by atoms with Gasteiger partial charge in [-0.15, -0.1) is 0 Å². The summed E-state index contributed by atoms with van der Waals surface area (Å²) in [5, 5.41) is 7.69. The quantitative estimate of drug-likeness (QED) is 0.868. The number of alkyl halides is 2. The Hall–Kier alpha value is -2.09. The van der Waals surface area contributed by atoms with E-state index < -0.39 is 5.92 Å². The van der Waals surface area contributed by atoms with Gasteiger partial charge < -0.3 is 10.1 Å². The standard InChI is InChI=1S/C18H25F2N5O/c1-11-9-12(2)25(24-11)16-10-15(13(3)26-4)22-17(23-16)21-14-5-7-18(19,20)8-6-14/h9-10,13-14H,5-8H2,1-4H3,(H,21,22,23). The van der Waals surface area contributed by atoms with Gasteiger partial charge in [-0.05, 0) is 39.7 Å². The summed E-state index contributed by atoms with van der Waals surface area (Å²) in [6.45, 7) is 5.78. The van der Waals surface area contributed by atoms with Gasteiger partial charge in [-0.25, -0.2) is 18.4 Å². The van der Waals surface area contributed by atoms with E-state index in [4.69, 9.17) is 4.74 Å². The third-order valence-electron chi connectivity index (χ3n) is 4.78. The molecule has 2 aromatic heterocycles. The fourth-order valence-electron chi connectivity index (χ4n) is 3.18. The Bertz CT molecular complexity index is 767. The van der Waals surface area contributed by atoms with E-state index in [1.165, 1.54) is 0 Å². The van der Waals surface area contributed by atoms with Crippen LogP contribution in [0, 0.1) is 13.8 Å². The molecule has 0 amide bonds. The Morgan fingerprint density at radius 2 is 1.92 bits per heavy atom. The van der Waals surface area contributed by atoms with Crippen LogP contribution in [0.5, 0.6) is 0 Å². The molecule has 0 spiro atoms. The highest BCUT2D eigenvalue weighted by atomic mass is 19.3. The zero-order valence-corrected chi connectivity index (χ0v) is 15.6. The van der Waals surface area contributed by atoms with Gasteiger partial charge in [-0.2, -0.15) is 10.1 Å². The molecule has 26 heavy (non-hydrogen) atoms. The molecule has 1 unspecified atom stereocenters. The molecule has 1 N–H and O–H groups in total. The maximum Gasteiger partial charge on any atom is 0.248 e. The molecule has 1 aliphatic rings. The van der Waals surface area contributed by atoms with E-state index in [0.29, 0.717) is 30.3 Å². The molecular weight excluding hydrogens is 340 g/mol. The largest absolute Gasteiger partial charge is 0.375 e. The number of hydrogen-bond acceptors (Lipinski definition) is 5. The van der Waals surface area contributed by atoms with Gasteiger partial charge in [-0.3, -0.25) is 0 Å². The monoisotopic (exact) mass is 365 g/mol. The smallest absolute Gasteiger partial charge is 0.248 e. The van der Waals surface area contributed by atoms with E-state index in [1.807, 2.05) is 32.9 Å². The van der Waals surface area contributed by atoms with E-state index in [0.717, 1.165) is 11.4 Å². The van der Waals surface area contributed by atoms with Crippen LogP contribution in [0.15, 0.2) is 12.1 Å². The van der Waals surface area contributed by atoms with Crippen molar-refractivity contribution in [3.8, 4) is 5.82 Å². The number of hydrogen-bond donors (Lipinski definition) is 1. The van der Waals surface area contributed by atoms with Crippen molar-refractivity contribution in [1.29, 1.82) is 0 Å². The second-order valence-electron chi connectivity index (χ2n) is 6.97. The molecule has 0 bridgehead atoms. The van der Waals surface area contributed by atoms with Gasteiger partial charge in [0.2, 0.25) is 11.9 Å². The summed E-state index contributed by atoms with van der Waals surface area (Å²) in [4.78, 5) is 9.08. The number of rotatable bonds is 5. The van der Waals surface area contributed by atoms with Gasteiger partial charge >= 0.3 is 0 Å². The first-order chi connectivity index (χ1) is 12.3. The first-order valence-corrected chi connectivity index (χ1v) is 8.87. The average molecular weight is 365 g/mol. The predicted octanol–water partition coefficient (Wildman–Crippen LogP) is 3.98. The zero-order valence-electron chi connectivity index (χ0n) is 15.6. The van der Waals surface area contributed by atoms with Crippen LogP contribution in [0.4, 0.5) is 14.7 Å². The highest BCUT2D eigenvalue weighted by Gasteiger charge is 2.35. The first-order valence-electron chi connectivity index (χ1n) is 8.87. The highest BCUT2D eigenvalue weighted by Crippen LogP contribution is 2.34. The summed E-state index contributed by atoms with van der Waals surface area (Å²) in [5.74, 6) is -1.50. The van der Waals surface area contributed by atoms with E-state index in [-0.39, 0.29) is 25.0 Å². The Labute approximate surface area is 152 Å². The maximum absolute atomic E-state index is 13.4. The molecular formula is C18H25F2N5O. The van der Waals surface area contributed by atoms with Crippen LogP contribution in [0.25, 0.3) is 5.82 Å². The molecule has 2 aromatic rings. The second kappa shape index (κ2) is 7.26. The average Bonchev–Trinajstić information content (AvgIpc) is 2.94. The molecule has 6 nitrogen and oxygen atoms in total. The van der Waals surface area contributed by atoms with E-state index >= 15 is 0 Å². The number of methoxy groups -OCH3 is 1. The van der Waals surface area contributed by atoms with Crippen LogP contribution in [-0.4, -0.2) is 38.8 Å². The van der Waals surface area contributed by atoms with Crippen molar-refractivity contribution in [1.82, 2.24) is 19.7 Å². The number of ether oxygens (including phenoxy) is 1. The lowest BCUT2D eigenvalue weighted by molar-refractivity contribution is -0.0361. The summed E-state index contributed by atoms with van der Waals surface area (Å²) in [6.07, 6.45) is 0.363. The number of anilines is 1. The number of aryl methyl sites for hydroxylation is 2. The summed E-state index contributed by atoms with van der Waals surface area (Å²) in [5.41, 5.74) is 2.57. The first kappa shape index (κ1) is 18.7. The van der Waals surface area contributed by atoms with Gasteiger partial charge in [0.15, 0.2) is 5.82 Å². The Morgan fingerprint density at radius 1 is 1.23 bits per heavy atom. The molecule has 1 saturated carbocycles. The van der Waals surface area contributed by atoms with Gasteiger partial charge in [0, 0.05) is 37.8 Å². The number of aromatic nitrogens is 4. The summed E-state index contributed by atoms with van der Waals surface area (Å²) in [6, 6.07) is 3.75. The van der Waals surface area contributed by atoms with Crippen molar-refractivity contribution >= 4 is 5.95 Å². The van der Waals surface area contributed by atoms with E-state index in [2.05, 4.69) is 20.4 Å². The van der Waals surface area contributed by atoms with Crippen molar-refractivity contribution < 1.29 is 13.5 Å².